The number of non-ortho nitro benzene ring substituents is 2. The Kier molecular flexibility index (Phi) is 3.84. The van der Waals surface area contributed by atoms with Crippen molar-refractivity contribution in [3.8, 4) is 5.75 Å². The lowest BCUT2D eigenvalue weighted by Gasteiger charge is -2.09. The summed E-state index contributed by atoms with van der Waals surface area (Å²) in [6, 6.07) is 4.38. The van der Waals surface area contributed by atoms with Crippen LogP contribution in [0.4, 0.5) is 17.1 Å². The monoisotopic (exact) mass is 307 g/mol. The summed E-state index contributed by atoms with van der Waals surface area (Å²) in [5, 5.41) is 33.0. The Morgan fingerprint density at radius 3 is 2.05 bits per heavy atom. The number of nitrogens with zero attached hydrogens (tertiary/aromatic N) is 3. The van der Waals surface area contributed by atoms with Crippen molar-refractivity contribution < 1.29 is 19.5 Å². The van der Waals surface area contributed by atoms with Gasteiger partial charge in [-0.25, -0.2) is 0 Å². The minimum absolute atomic E-state index is 0.0445. The number of fused-ring (bicyclic) bond motifs is 1. The zero-order valence-corrected chi connectivity index (χ0v) is 11.2. The van der Waals surface area contributed by atoms with Gasteiger partial charge in [0.05, 0.1) is 27.4 Å². The van der Waals surface area contributed by atoms with Gasteiger partial charge in [0, 0.05) is 11.5 Å². The SMILES string of the molecule is CCOc1c([N+](=O)[O-])cc([N+](=O)[O-])c2c([N+](=O)[O-])cccc12. The van der Waals surface area contributed by atoms with E-state index < -0.39 is 31.8 Å². The van der Waals surface area contributed by atoms with Crippen molar-refractivity contribution in [2.75, 3.05) is 6.61 Å². The molecule has 0 aliphatic carbocycles. The van der Waals surface area contributed by atoms with Crippen LogP contribution in [0.2, 0.25) is 0 Å². The van der Waals surface area contributed by atoms with Gasteiger partial charge in [0.15, 0.2) is 0 Å². The molecule has 0 amide bonds. The topological polar surface area (TPSA) is 139 Å². The van der Waals surface area contributed by atoms with Crippen LogP contribution in [0, 0.1) is 30.3 Å². The largest absolute Gasteiger partial charge is 0.487 e. The zero-order chi connectivity index (χ0) is 16.4. The van der Waals surface area contributed by atoms with Gasteiger partial charge < -0.3 is 4.74 Å². The van der Waals surface area contributed by atoms with Gasteiger partial charge in [-0.2, -0.15) is 0 Å². The second-order valence-electron chi connectivity index (χ2n) is 4.15. The molecule has 0 fully saturated rings. The molecule has 0 radical (unpaired) electrons. The van der Waals surface area contributed by atoms with E-state index >= 15 is 0 Å². The van der Waals surface area contributed by atoms with Gasteiger partial charge in [-0.1, -0.05) is 6.07 Å². The number of rotatable bonds is 5. The van der Waals surface area contributed by atoms with E-state index in [0.29, 0.717) is 6.07 Å². The van der Waals surface area contributed by atoms with Crippen molar-refractivity contribution in [3.63, 3.8) is 0 Å². The quantitative estimate of drug-likeness (QED) is 0.611. The Morgan fingerprint density at radius 1 is 0.955 bits per heavy atom. The Bertz CT molecular complexity index is 803. The number of hydrogen-bond acceptors (Lipinski definition) is 7. The highest BCUT2D eigenvalue weighted by atomic mass is 16.6. The van der Waals surface area contributed by atoms with Crippen molar-refractivity contribution in [3.05, 3.63) is 54.6 Å². The minimum Gasteiger partial charge on any atom is -0.487 e. The van der Waals surface area contributed by atoms with E-state index in [-0.39, 0.29) is 23.1 Å². The van der Waals surface area contributed by atoms with Crippen molar-refractivity contribution in [2.45, 2.75) is 6.92 Å². The van der Waals surface area contributed by atoms with Gasteiger partial charge in [-0.05, 0) is 13.0 Å². The van der Waals surface area contributed by atoms with Gasteiger partial charge >= 0.3 is 5.69 Å². The second kappa shape index (κ2) is 5.60. The molecule has 0 bridgehead atoms. The maximum Gasteiger partial charge on any atom is 0.318 e. The first-order valence-corrected chi connectivity index (χ1v) is 6.04. The summed E-state index contributed by atoms with van der Waals surface area (Å²) in [5.41, 5.74) is -1.83. The van der Waals surface area contributed by atoms with E-state index in [9.17, 15) is 30.3 Å². The molecule has 2 rings (SSSR count). The van der Waals surface area contributed by atoms with Crippen molar-refractivity contribution >= 4 is 27.8 Å². The molecule has 114 valence electrons. The third-order valence-corrected chi connectivity index (χ3v) is 2.93. The molecule has 2 aromatic carbocycles. The predicted molar refractivity (Wildman–Crippen MR) is 75.1 cm³/mol. The lowest BCUT2D eigenvalue weighted by molar-refractivity contribution is -0.395. The average molecular weight is 307 g/mol. The first-order chi connectivity index (χ1) is 10.4. The second-order valence-corrected chi connectivity index (χ2v) is 4.15. The lowest BCUT2D eigenvalue weighted by atomic mass is 10.0. The molecule has 0 spiro atoms. The van der Waals surface area contributed by atoms with Gasteiger partial charge in [-0.15, -0.1) is 0 Å². The highest BCUT2D eigenvalue weighted by Gasteiger charge is 2.31. The Morgan fingerprint density at radius 2 is 1.55 bits per heavy atom. The molecule has 2 aromatic rings. The van der Waals surface area contributed by atoms with Gasteiger partial charge in [0.2, 0.25) is 5.75 Å². The van der Waals surface area contributed by atoms with Crippen LogP contribution in [0.15, 0.2) is 24.3 Å². The van der Waals surface area contributed by atoms with Crippen LogP contribution in [0.5, 0.6) is 5.75 Å². The third-order valence-electron chi connectivity index (χ3n) is 2.93. The fourth-order valence-corrected chi connectivity index (χ4v) is 2.13. The van der Waals surface area contributed by atoms with Gasteiger partial charge in [0.1, 0.15) is 5.39 Å². The van der Waals surface area contributed by atoms with Crippen molar-refractivity contribution in [2.24, 2.45) is 0 Å². The fraction of sp³-hybridized carbons (Fsp3) is 0.167. The number of hydrogen-bond donors (Lipinski definition) is 0. The first-order valence-electron chi connectivity index (χ1n) is 6.04. The van der Waals surface area contributed by atoms with E-state index in [4.69, 9.17) is 4.74 Å². The molecule has 10 heteroatoms. The molecular formula is C12H9N3O7. The van der Waals surface area contributed by atoms with E-state index in [0.717, 1.165) is 6.07 Å². The van der Waals surface area contributed by atoms with E-state index in [1.807, 2.05) is 0 Å². The summed E-state index contributed by atoms with van der Waals surface area (Å²) < 4.78 is 5.19. The number of benzene rings is 2. The molecule has 10 nitrogen and oxygen atoms in total. The smallest absolute Gasteiger partial charge is 0.318 e. The first kappa shape index (κ1) is 15.1. The Hall–Kier alpha value is -3.30. The number of nitro groups is 3. The van der Waals surface area contributed by atoms with Crippen LogP contribution in [0.3, 0.4) is 0 Å². The average Bonchev–Trinajstić information content (AvgIpc) is 2.46. The summed E-state index contributed by atoms with van der Waals surface area (Å²) in [6.45, 7) is 1.64. The normalized spacial score (nSPS) is 10.4. The molecule has 0 atom stereocenters. The molecule has 0 aliphatic heterocycles. The molecule has 0 saturated carbocycles. The van der Waals surface area contributed by atoms with E-state index in [1.165, 1.54) is 12.1 Å². The van der Waals surface area contributed by atoms with Crippen LogP contribution in [-0.2, 0) is 0 Å². The Balaban J connectivity index is 3.04. The van der Waals surface area contributed by atoms with E-state index in [1.54, 1.807) is 6.92 Å². The summed E-state index contributed by atoms with van der Waals surface area (Å²) >= 11 is 0. The number of ether oxygens (including phenoxy) is 1. The standard InChI is InChI=1S/C12H9N3O7/c1-2-22-12-7-4-3-5-8(13(16)17)11(7)9(14(18)19)6-10(12)15(20)21/h3-6H,2H2,1H3. The van der Waals surface area contributed by atoms with Crippen LogP contribution >= 0.6 is 0 Å². The Labute approximate surface area is 122 Å². The predicted octanol–water partition coefficient (Wildman–Crippen LogP) is 2.96. The summed E-state index contributed by atoms with van der Waals surface area (Å²) in [7, 11) is 0. The fourth-order valence-electron chi connectivity index (χ4n) is 2.13. The van der Waals surface area contributed by atoms with Crippen molar-refractivity contribution in [1.82, 2.24) is 0 Å². The third kappa shape index (κ3) is 2.37. The molecule has 0 aliphatic rings. The van der Waals surface area contributed by atoms with Gasteiger partial charge in [-0.3, -0.25) is 30.3 Å². The van der Waals surface area contributed by atoms with Crippen molar-refractivity contribution in [1.29, 1.82) is 0 Å². The zero-order valence-electron chi connectivity index (χ0n) is 11.2. The van der Waals surface area contributed by atoms with Crippen LogP contribution in [0.1, 0.15) is 6.92 Å². The maximum atomic E-state index is 11.2. The summed E-state index contributed by atoms with van der Waals surface area (Å²) in [4.78, 5) is 30.8. The maximum absolute atomic E-state index is 11.2. The summed E-state index contributed by atoms with van der Waals surface area (Å²) in [5.74, 6) is -0.225. The van der Waals surface area contributed by atoms with Gasteiger partial charge in [0.25, 0.3) is 11.4 Å². The van der Waals surface area contributed by atoms with Crippen LogP contribution < -0.4 is 4.74 Å². The van der Waals surface area contributed by atoms with Crippen LogP contribution in [0.25, 0.3) is 10.8 Å². The molecule has 0 unspecified atom stereocenters. The highest BCUT2D eigenvalue weighted by Crippen LogP contribution is 2.44. The van der Waals surface area contributed by atoms with Crippen LogP contribution in [-0.4, -0.2) is 21.4 Å². The highest BCUT2D eigenvalue weighted by molar-refractivity contribution is 6.04. The number of nitro benzene ring substituents is 3. The lowest BCUT2D eigenvalue weighted by Crippen LogP contribution is -2.02. The molecule has 0 N–H and O–H groups in total. The van der Waals surface area contributed by atoms with E-state index in [2.05, 4.69) is 0 Å². The molecule has 22 heavy (non-hydrogen) atoms. The molecule has 0 aromatic heterocycles. The summed E-state index contributed by atoms with van der Waals surface area (Å²) in [6.07, 6.45) is 0. The molecular weight excluding hydrogens is 298 g/mol. The molecule has 0 saturated heterocycles. The molecule has 0 heterocycles. The minimum atomic E-state index is -0.891.